The molecule has 0 amide bonds. The highest BCUT2D eigenvalue weighted by Crippen LogP contribution is 2.23. The van der Waals surface area contributed by atoms with Gasteiger partial charge in [0.1, 0.15) is 10.7 Å². The Labute approximate surface area is 151 Å². The molecule has 1 aromatic heterocycles. The van der Waals surface area contributed by atoms with Crippen LogP contribution >= 0.6 is 11.8 Å². The Kier molecular flexibility index (Phi) is 5.73. The van der Waals surface area contributed by atoms with Gasteiger partial charge in [0.2, 0.25) is 10.0 Å². The Morgan fingerprint density at radius 2 is 1.76 bits per heavy atom. The number of nitrogens with zero attached hydrogens (tertiary/aromatic N) is 3. The van der Waals surface area contributed by atoms with Crippen LogP contribution in [-0.4, -0.2) is 55.8 Å². The molecule has 0 bridgehead atoms. The van der Waals surface area contributed by atoms with Gasteiger partial charge < -0.3 is 4.90 Å². The van der Waals surface area contributed by atoms with Crippen molar-refractivity contribution in [2.75, 3.05) is 33.2 Å². The molecule has 0 aliphatic carbocycles. The average Bonchev–Trinajstić information content (AvgIpc) is 2.62. The van der Waals surface area contributed by atoms with Crippen LogP contribution < -0.4 is 0 Å². The highest BCUT2D eigenvalue weighted by Gasteiger charge is 2.27. The molecule has 3 rings (SSSR count). The van der Waals surface area contributed by atoms with Crippen molar-refractivity contribution in [3.8, 4) is 0 Å². The minimum absolute atomic E-state index is 0.225. The van der Waals surface area contributed by atoms with E-state index in [9.17, 15) is 12.8 Å². The molecule has 1 aromatic carbocycles. The predicted molar refractivity (Wildman–Crippen MR) is 96.5 cm³/mol. The molecule has 134 valence electrons. The van der Waals surface area contributed by atoms with Crippen molar-refractivity contribution in [2.24, 2.45) is 0 Å². The van der Waals surface area contributed by atoms with E-state index in [1.807, 2.05) is 7.05 Å². The van der Waals surface area contributed by atoms with Crippen LogP contribution in [0.3, 0.4) is 0 Å². The fraction of sp³-hybridized carbons (Fsp3) is 0.353. The second-order valence-corrected chi connectivity index (χ2v) is 8.89. The van der Waals surface area contributed by atoms with Crippen LogP contribution in [0.5, 0.6) is 0 Å². The largest absolute Gasteiger partial charge is 0.304 e. The van der Waals surface area contributed by atoms with Crippen LogP contribution in [0.2, 0.25) is 0 Å². The quantitative estimate of drug-likeness (QED) is 0.745. The topological polar surface area (TPSA) is 53.5 Å². The number of piperazine rings is 1. The molecule has 0 N–H and O–H groups in total. The molecule has 0 saturated carbocycles. The Balaban J connectivity index is 1.64. The lowest BCUT2D eigenvalue weighted by Crippen LogP contribution is -2.47. The third kappa shape index (κ3) is 4.58. The van der Waals surface area contributed by atoms with Crippen molar-refractivity contribution in [3.05, 3.63) is 54.0 Å². The van der Waals surface area contributed by atoms with E-state index in [1.165, 1.54) is 34.4 Å². The number of halogens is 1. The second-order valence-electron chi connectivity index (χ2n) is 5.95. The first-order chi connectivity index (χ1) is 11.9. The maximum absolute atomic E-state index is 12.9. The second kappa shape index (κ2) is 7.82. The molecule has 0 radical (unpaired) electrons. The van der Waals surface area contributed by atoms with E-state index >= 15 is 0 Å². The molecule has 1 aliphatic heterocycles. The smallest absolute Gasteiger partial charge is 0.244 e. The SMILES string of the molecule is CN1CCN(S(=O)(=O)c2ccc(SCc3ccc(F)cc3)nc2)CC1. The van der Waals surface area contributed by atoms with Crippen molar-refractivity contribution < 1.29 is 12.8 Å². The summed E-state index contributed by atoms with van der Waals surface area (Å²) in [6.45, 7) is 2.47. The number of pyridine rings is 1. The summed E-state index contributed by atoms with van der Waals surface area (Å²) in [5, 5.41) is 0.738. The van der Waals surface area contributed by atoms with Gasteiger partial charge in [-0.2, -0.15) is 4.31 Å². The van der Waals surface area contributed by atoms with Gasteiger partial charge in [0.25, 0.3) is 0 Å². The van der Waals surface area contributed by atoms with E-state index < -0.39 is 10.0 Å². The Morgan fingerprint density at radius 1 is 1.08 bits per heavy atom. The summed E-state index contributed by atoms with van der Waals surface area (Å²) in [6.07, 6.45) is 1.42. The minimum atomic E-state index is -3.48. The molecule has 0 spiro atoms. The molecule has 2 aromatic rings. The number of rotatable bonds is 5. The summed E-state index contributed by atoms with van der Waals surface area (Å²) in [5.74, 6) is 0.392. The normalized spacial score (nSPS) is 16.9. The maximum atomic E-state index is 12.9. The van der Waals surface area contributed by atoms with E-state index in [0.29, 0.717) is 18.8 Å². The molecule has 8 heteroatoms. The van der Waals surface area contributed by atoms with Gasteiger partial charge in [0, 0.05) is 38.1 Å². The van der Waals surface area contributed by atoms with Gasteiger partial charge >= 0.3 is 0 Å². The number of hydrogen-bond donors (Lipinski definition) is 0. The zero-order valence-electron chi connectivity index (χ0n) is 13.9. The molecule has 0 unspecified atom stereocenters. The van der Waals surface area contributed by atoms with Crippen molar-refractivity contribution >= 4 is 21.8 Å². The van der Waals surface area contributed by atoms with Crippen molar-refractivity contribution in [1.82, 2.24) is 14.2 Å². The van der Waals surface area contributed by atoms with Crippen LogP contribution in [0.4, 0.5) is 4.39 Å². The number of sulfonamides is 1. The molecular formula is C17H20FN3O2S2. The summed E-state index contributed by atoms with van der Waals surface area (Å²) in [5.41, 5.74) is 0.988. The Hall–Kier alpha value is -1.48. The van der Waals surface area contributed by atoms with Gasteiger partial charge in [0.15, 0.2) is 0 Å². The van der Waals surface area contributed by atoms with Crippen molar-refractivity contribution in [3.63, 3.8) is 0 Å². The summed E-state index contributed by atoms with van der Waals surface area (Å²) < 4.78 is 39.7. The molecule has 25 heavy (non-hydrogen) atoms. The summed E-state index contributed by atoms with van der Waals surface area (Å²) in [7, 11) is -1.50. The van der Waals surface area contributed by atoms with E-state index in [4.69, 9.17) is 0 Å². The molecule has 1 aliphatic rings. The summed E-state index contributed by atoms with van der Waals surface area (Å²) in [4.78, 5) is 6.60. The summed E-state index contributed by atoms with van der Waals surface area (Å²) >= 11 is 1.49. The van der Waals surface area contributed by atoms with Crippen molar-refractivity contribution in [1.29, 1.82) is 0 Å². The monoisotopic (exact) mass is 381 g/mol. The van der Waals surface area contributed by atoms with E-state index in [-0.39, 0.29) is 10.7 Å². The lowest BCUT2D eigenvalue weighted by Gasteiger charge is -2.31. The lowest BCUT2D eigenvalue weighted by molar-refractivity contribution is 0.222. The molecule has 0 atom stereocenters. The Bertz CT molecular complexity index is 803. The average molecular weight is 381 g/mol. The van der Waals surface area contributed by atoms with Gasteiger partial charge in [-0.05, 0) is 36.9 Å². The molecule has 1 fully saturated rings. The van der Waals surface area contributed by atoms with Gasteiger partial charge in [-0.3, -0.25) is 0 Å². The molecule has 2 heterocycles. The highest BCUT2D eigenvalue weighted by molar-refractivity contribution is 7.98. The van der Waals surface area contributed by atoms with E-state index in [0.717, 1.165) is 23.7 Å². The van der Waals surface area contributed by atoms with Gasteiger partial charge in [0.05, 0.1) is 5.03 Å². The lowest BCUT2D eigenvalue weighted by atomic mass is 10.2. The third-order valence-corrected chi connectivity index (χ3v) is 7.01. The van der Waals surface area contributed by atoms with Crippen molar-refractivity contribution in [2.45, 2.75) is 15.7 Å². The van der Waals surface area contributed by atoms with Crippen LogP contribution in [0.1, 0.15) is 5.56 Å². The first-order valence-electron chi connectivity index (χ1n) is 7.97. The van der Waals surface area contributed by atoms with Gasteiger partial charge in [-0.1, -0.05) is 12.1 Å². The van der Waals surface area contributed by atoms with E-state index in [1.54, 1.807) is 24.3 Å². The predicted octanol–water partition coefficient (Wildman–Crippen LogP) is 2.45. The third-order valence-electron chi connectivity index (χ3n) is 4.11. The molecular weight excluding hydrogens is 361 g/mol. The number of aromatic nitrogens is 1. The number of benzene rings is 1. The van der Waals surface area contributed by atoms with Crippen LogP contribution in [0, 0.1) is 5.82 Å². The highest BCUT2D eigenvalue weighted by atomic mass is 32.2. The summed E-state index contributed by atoms with van der Waals surface area (Å²) in [6, 6.07) is 9.64. The first kappa shape index (κ1) is 18.3. The van der Waals surface area contributed by atoms with Crippen LogP contribution in [0.15, 0.2) is 52.5 Å². The van der Waals surface area contributed by atoms with Crippen LogP contribution in [0.25, 0.3) is 0 Å². The standard InChI is InChI=1S/C17H20FN3O2S2/c1-20-8-10-21(11-9-20)25(22,23)16-6-7-17(19-12-16)24-13-14-2-4-15(18)5-3-14/h2-7,12H,8-11,13H2,1H3. The van der Waals surface area contributed by atoms with Crippen LogP contribution in [-0.2, 0) is 15.8 Å². The fourth-order valence-corrected chi connectivity index (χ4v) is 4.69. The zero-order chi connectivity index (χ0) is 17.9. The molecule has 5 nitrogen and oxygen atoms in total. The Morgan fingerprint density at radius 3 is 2.36 bits per heavy atom. The fourth-order valence-electron chi connectivity index (χ4n) is 2.52. The number of likely N-dealkylation sites (N-methyl/N-ethyl adjacent to an activating group) is 1. The number of hydrogen-bond acceptors (Lipinski definition) is 5. The minimum Gasteiger partial charge on any atom is -0.304 e. The first-order valence-corrected chi connectivity index (χ1v) is 10.4. The maximum Gasteiger partial charge on any atom is 0.244 e. The van der Waals surface area contributed by atoms with E-state index in [2.05, 4.69) is 9.88 Å². The molecule has 1 saturated heterocycles. The van der Waals surface area contributed by atoms with Gasteiger partial charge in [-0.15, -0.1) is 11.8 Å². The number of thioether (sulfide) groups is 1. The zero-order valence-corrected chi connectivity index (χ0v) is 15.6. The van der Waals surface area contributed by atoms with Gasteiger partial charge in [-0.25, -0.2) is 17.8 Å².